The van der Waals surface area contributed by atoms with Crippen LogP contribution in [0.25, 0.3) is 0 Å². The summed E-state index contributed by atoms with van der Waals surface area (Å²) in [6.45, 7) is 0. The van der Waals surface area contributed by atoms with E-state index in [0.717, 1.165) is 8.42 Å². The van der Waals surface area contributed by atoms with Crippen LogP contribution in [-0.4, -0.2) is 25.2 Å². The Bertz CT molecular complexity index is 808. The second-order valence-electron chi connectivity index (χ2n) is 4.74. The van der Waals surface area contributed by atoms with Gasteiger partial charge in [0.05, 0.1) is 0 Å². The standard InChI is InChI=1S/C18H13O2S4Se/c1-25-18-23-16(21-14(19)12-8-4-2-5-9-12)17(24-18)22-15(20)13-10-6-3-7-11-13/h2-11H,1H3/q+1. The van der Waals surface area contributed by atoms with Gasteiger partial charge in [-0.3, -0.25) is 0 Å². The summed E-state index contributed by atoms with van der Waals surface area (Å²) in [7, 11) is 0. The summed E-state index contributed by atoms with van der Waals surface area (Å²) >= 11 is 6.07. The monoisotopic (exact) mass is 469 g/mol. The predicted molar refractivity (Wildman–Crippen MR) is 111 cm³/mol. The second kappa shape index (κ2) is 9.12. The van der Waals surface area contributed by atoms with Gasteiger partial charge in [0.2, 0.25) is 0 Å². The molecule has 2 aromatic carbocycles. The number of benzene rings is 2. The van der Waals surface area contributed by atoms with Gasteiger partial charge < -0.3 is 0 Å². The molecule has 0 amide bonds. The normalized spacial score (nSPS) is 10.6. The first-order valence-corrected chi connectivity index (χ1v) is 13.1. The van der Waals surface area contributed by atoms with Gasteiger partial charge in [-0.25, -0.2) is 0 Å². The molecule has 0 aliphatic heterocycles. The summed E-state index contributed by atoms with van der Waals surface area (Å²) in [4.78, 5) is 25.0. The number of carbonyl (C=O) groups excluding carboxylic acids is 2. The molecule has 0 saturated heterocycles. The zero-order valence-electron chi connectivity index (χ0n) is 13.1. The Hall–Kier alpha value is -0.951. The third-order valence-electron chi connectivity index (χ3n) is 3.08. The first-order valence-electron chi connectivity index (χ1n) is 7.22. The molecule has 1 aromatic heterocycles. The number of hydrogen-bond donors (Lipinski definition) is 0. The number of carbonyl (C=O) groups is 2. The van der Waals surface area contributed by atoms with Crippen molar-refractivity contribution >= 4 is 74.5 Å². The van der Waals surface area contributed by atoms with Gasteiger partial charge in [0.25, 0.3) is 0 Å². The maximum absolute atomic E-state index is 12.5. The Balaban J connectivity index is 1.81. The first-order chi connectivity index (χ1) is 12.2. The molecule has 25 heavy (non-hydrogen) atoms. The summed E-state index contributed by atoms with van der Waals surface area (Å²) in [6.07, 6.45) is 0. The van der Waals surface area contributed by atoms with E-state index in [1.807, 2.05) is 60.7 Å². The third kappa shape index (κ3) is 5.03. The van der Waals surface area contributed by atoms with Crippen LogP contribution in [0.5, 0.6) is 0 Å². The van der Waals surface area contributed by atoms with Crippen molar-refractivity contribution in [1.82, 2.24) is 0 Å². The minimum atomic E-state index is 0.0128. The van der Waals surface area contributed by atoms with Gasteiger partial charge in [-0.15, -0.1) is 0 Å². The van der Waals surface area contributed by atoms with Crippen LogP contribution in [0.1, 0.15) is 20.7 Å². The van der Waals surface area contributed by atoms with E-state index >= 15 is 0 Å². The fourth-order valence-corrected chi connectivity index (χ4v) is 9.63. The SMILES string of the molecule is C[Se]c1sc(SC(=O)c2ccccc2)c(SC(=O)c2ccccc2)[s+]1. The summed E-state index contributed by atoms with van der Waals surface area (Å²) in [5, 5.41) is 0.0256. The Morgan fingerprint density at radius 2 is 1.40 bits per heavy atom. The average Bonchev–Trinajstić information content (AvgIpc) is 3.04. The summed E-state index contributed by atoms with van der Waals surface area (Å²) in [5.74, 6) is 2.15. The van der Waals surface area contributed by atoms with E-state index in [0.29, 0.717) is 26.1 Å². The fraction of sp³-hybridized carbons (Fsp3) is 0.0556. The Labute approximate surface area is 169 Å². The zero-order chi connectivity index (χ0) is 17.6. The van der Waals surface area contributed by atoms with Gasteiger partial charge in [-0.2, -0.15) is 0 Å². The molecular formula is C18H13O2S4Se+. The first kappa shape index (κ1) is 18.8. The summed E-state index contributed by atoms with van der Waals surface area (Å²) < 4.78 is 3.12. The van der Waals surface area contributed by atoms with Crippen LogP contribution >= 0.6 is 46.2 Å². The van der Waals surface area contributed by atoms with Crippen molar-refractivity contribution in [2.45, 2.75) is 14.2 Å². The third-order valence-corrected chi connectivity index (χ3v) is 11.3. The van der Waals surface area contributed by atoms with E-state index in [-0.39, 0.29) is 10.2 Å². The van der Waals surface area contributed by atoms with E-state index in [4.69, 9.17) is 0 Å². The van der Waals surface area contributed by atoms with Gasteiger partial charge in [0.15, 0.2) is 0 Å². The van der Waals surface area contributed by atoms with Crippen LogP contribution < -0.4 is 3.09 Å². The van der Waals surface area contributed by atoms with Crippen LogP contribution in [-0.2, 0) is 0 Å². The molecule has 0 N–H and O–H groups in total. The molecule has 1 heterocycles. The Morgan fingerprint density at radius 1 is 0.880 bits per heavy atom. The van der Waals surface area contributed by atoms with Crippen molar-refractivity contribution in [2.24, 2.45) is 0 Å². The molecule has 0 spiro atoms. The molecule has 0 aliphatic carbocycles. The van der Waals surface area contributed by atoms with Gasteiger partial charge in [-0.1, -0.05) is 0 Å². The molecule has 2 nitrogen and oxygen atoms in total. The average molecular weight is 469 g/mol. The van der Waals surface area contributed by atoms with Gasteiger partial charge >= 0.3 is 170 Å². The molecule has 0 unspecified atom stereocenters. The van der Waals surface area contributed by atoms with E-state index < -0.39 is 0 Å². The van der Waals surface area contributed by atoms with Gasteiger partial charge in [0, 0.05) is 0 Å². The maximum atomic E-state index is 12.5. The molecule has 126 valence electrons. The van der Waals surface area contributed by atoms with Crippen LogP contribution in [0.4, 0.5) is 0 Å². The quantitative estimate of drug-likeness (QED) is 0.288. The van der Waals surface area contributed by atoms with Gasteiger partial charge in [-0.05, 0) is 0 Å². The number of hydrogen-bond acceptors (Lipinski definition) is 5. The molecular weight excluding hydrogens is 455 g/mol. The molecule has 3 rings (SSSR count). The zero-order valence-corrected chi connectivity index (χ0v) is 18.1. The number of rotatable bonds is 5. The van der Waals surface area contributed by atoms with Crippen LogP contribution in [0.3, 0.4) is 0 Å². The number of thioether (sulfide) groups is 2. The predicted octanol–water partition coefficient (Wildman–Crippen LogP) is 5.33. The molecule has 0 bridgehead atoms. The van der Waals surface area contributed by atoms with E-state index in [1.54, 1.807) is 22.7 Å². The minimum absolute atomic E-state index is 0.0128. The van der Waals surface area contributed by atoms with E-state index in [2.05, 4.69) is 5.82 Å². The van der Waals surface area contributed by atoms with Crippen LogP contribution in [0.2, 0.25) is 5.82 Å². The Kier molecular flexibility index (Phi) is 6.87. The van der Waals surface area contributed by atoms with Crippen molar-refractivity contribution in [2.75, 3.05) is 0 Å². The molecule has 0 aliphatic rings. The topological polar surface area (TPSA) is 34.1 Å². The molecule has 0 radical (unpaired) electrons. The van der Waals surface area contributed by atoms with Gasteiger partial charge in [0.1, 0.15) is 0 Å². The van der Waals surface area contributed by atoms with Crippen molar-refractivity contribution in [3.05, 3.63) is 71.8 Å². The summed E-state index contributed by atoms with van der Waals surface area (Å²) in [5.41, 5.74) is 1.36. The fourth-order valence-electron chi connectivity index (χ4n) is 1.90. The van der Waals surface area contributed by atoms with Crippen molar-refractivity contribution in [3.8, 4) is 0 Å². The molecule has 0 fully saturated rings. The Morgan fingerprint density at radius 3 is 1.92 bits per heavy atom. The molecule has 0 saturated carbocycles. The van der Waals surface area contributed by atoms with Crippen molar-refractivity contribution in [1.29, 1.82) is 0 Å². The molecule has 7 heteroatoms. The second-order valence-corrected chi connectivity index (χ2v) is 12.4. The van der Waals surface area contributed by atoms with Crippen molar-refractivity contribution in [3.63, 3.8) is 0 Å². The molecule has 0 atom stereocenters. The summed E-state index contributed by atoms with van der Waals surface area (Å²) in [6, 6.07) is 18.5. The van der Waals surface area contributed by atoms with E-state index in [1.165, 1.54) is 26.6 Å². The molecule has 3 aromatic rings. The van der Waals surface area contributed by atoms with E-state index in [9.17, 15) is 9.59 Å². The van der Waals surface area contributed by atoms with Crippen LogP contribution in [0.15, 0.2) is 69.1 Å². The van der Waals surface area contributed by atoms with Crippen molar-refractivity contribution < 1.29 is 9.59 Å². The van der Waals surface area contributed by atoms with Crippen LogP contribution in [0, 0.1) is 0 Å².